The molecule has 0 aliphatic carbocycles. The first-order chi connectivity index (χ1) is 16.2. The Kier molecular flexibility index (Phi) is 7.02. The molecule has 1 aromatic heterocycles. The summed E-state index contributed by atoms with van der Waals surface area (Å²) in [5.41, 5.74) is 1.90. The van der Waals surface area contributed by atoms with Crippen molar-refractivity contribution in [1.82, 2.24) is 13.9 Å². The number of aromatic nitrogens is 2. The minimum absolute atomic E-state index is 0.219. The van der Waals surface area contributed by atoms with E-state index in [1.807, 2.05) is 44.2 Å². The van der Waals surface area contributed by atoms with Gasteiger partial charge in [0.1, 0.15) is 5.82 Å². The normalized spacial score (nSPS) is 12.9. The highest BCUT2D eigenvalue weighted by Gasteiger charge is 2.32. The number of hydrogen-bond donors (Lipinski definition) is 0. The van der Waals surface area contributed by atoms with Crippen molar-refractivity contribution in [3.63, 3.8) is 0 Å². The lowest BCUT2D eigenvalue weighted by atomic mass is 10.2. The van der Waals surface area contributed by atoms with Crippen LogP contribution in [0, 0.1) is 6.92 Å². The van der Waals surface area contributed by atoms with E-state index in [1.54, 1.807) is 49.4 Å². The highest BCUT2D eigenvalue weighted by Crippen LogP contribution is 2.29. The van der Waals surface area contributed by atoms with Gasteiger partial charge in [-0.3, -0.25) is 9.36 Å². The average Bonchev–Trinajstić information content (AvgIpc) is 2.83. The Morgan fingerprint density at radius 3 is 2.29 bits per heavy atom. The van der Waals surface area contributed by atoms with E-state index < -0.39 is 16.1 Å². The summed E-state index contributed by atoms with van der Waals surface area (Å²) in [5.74, 6) is 0.371. The molecule has 176 valence electrons. The maximum atomic E-state index is 13.7. The predicted molar refractivity (Wildman–Crippen MR) is 139 cm³/mol. The standard InChI is InChI=1S/C26H26BrN3O3S/c1-4-17-29(34(32,33)22-15-9-18(2)10-16-22)19(3)25-28-24-8-6-5-7-23(24)26(31)30(25)21-13-11-20(27)12-14-21/h5-16,19H,4,17H2,1-3H3. The molecule has 6 nitrogen and oxygen atoms in total. The molecule has 3 aromatic carbocycles. The molecule has 0 aliphatic heterocycles. The van der Waals surface area contributed by atoms with Crippen LogP contribution < -0.4 is 5.56 Å². The number of para-hydroxylation sites is 1. The molecule has 0 N–H and O–H groups in total. The lowest BCUT2D eigenvalue weighted by Crippen LogP contribution is -2.38. The molecule has 8 heteroatoms. The quantitative estimate of drug-likeness (QED) is 0.305. The summed E-state index contributed by atoms with van der Waals surface area (Å²) >= 11 is 3.43. The van der Waals surface area contributed by atoms with Crippen molar-refractivity contribution in [3.05, 3.63) is 99.0 Å². The van der Waals surface area contributed by atoms with Crippen molar-refractivity contribution >= 4 is 36.9 Å². The van der Waals surface area contributed by atoms with Crippen LogP contribution in [0.2, 0.25) is 0 Å². The fourth-order valence-corrected chi connectivity index (χ4v) is 5.94. The topological polar surface area (TPSA) is 72.3 Å². The van der Waals surface area contributed by atoms with Crippen LogP contribution in [-0.4, -0.2) is 28.8 Å². The molecule has 0 aliphatic rings. The van der Waals surface area contributed by atoms with Crippen molar-refractivity contribution in [2.45, 2.75) is 38.1 Å². The molecule has 0 radical (unpaired) electrons. The summed E-state index contributed by atoms with van der Waals surface area (Å²) in [6.07, 6.45) is 0.617. The number of fused-ring (bicyclic) bond motifs is 1. The Hall–Kier alpha value is -2.81. The highest BCUT2D eigenvalue weighted by atomic mass is 79.9. The Labute approximate surface area is 208 Å². The van der Waals surface area contributed by atoms with Crippen LogP contribution in [0.3, 0.4) is 0 Å². The molecule has 0 saturated carbocycles. The van der Waals surface area contributed by atoms with Crippen molar-refractivity contribution in [2.24, 2.45) is 0 Å². The Morgan fingerprint density at radius 2 is 1.65 bits per heavy atom. The van der Waals surface area contributed by atoms with Crippen LogP contribution in [0.25, 0.3) is 16.6 Å². The number of sulfonamides is 1. The third-order valence-corrected chi connectivity index (χ3v) is 8.28. The Balaban J connectivity index is 1.94. The molecule has 0 fully saturated rings. The molecule has 4 rings (SSSR count). The number of nitrogens with zero attached hydrogens (tertiary/aromatic N) is 3. The van der Waals surface area contributed by atoms with Crippen molar-refractivity contribution in [3.8, 4) is 5.69 Å². The van der Waals surface area contributed by atoms with Gasteiger partial charge in [-0.15, -0.1) is 0 Å². The van der Waals surface area contributed by atoms with Crippen molar-refractivity contribution in [1.29, 1.82) is 0 Å². The molecule has 0 saturated heterocycles. The van der Waals surface area contributed by atoms with Crippen molar-refractivity contribution < 1.29 is 8.42 Å². The van der Waals surface area contributed by atoms with Crippen molar-refractivity contribution in [2.75, 3.05) is 6.54 Å². The largest absolute Gasteiger partial charge is 0.268 e. The van der Waals surface area contributed by atoms with E-state index in [2.05, 4.69) is 15.9 Å². The van der Waals surface area contributed by atoms with Crippen LogP contribution in [0.1, 0.15) is 37.7 Å². The molecule has 0 bridgehead atoms. The maximum Gasteiger partial charge on any atom is 0.266 e. The maximum absolute atomic E-state index is 13.7. The summed E-state index contributed by atoms with van der Waals surface area (Å²) < 4.78 is 31.2. The highest BCUT2D eigenvalue weighted by molar-refractivity contribution is 9.10. The summed E-state index contributed by atoms with van der Waals surface area (Å²) in [6.45, 7) is 5.92. The number of hydrogen-bond acceptors (Lipinski definition) is 4. The van der Waals surface area contributed by atoms with Gasteiger partial charge in [-0.05, 0) is 68.8 Å². The molecule has 1 heterocycles. The van der Waals surface area contributed by atoms with Gasteiger partial charge >= 0.3 is 0 Å². The first kappa shape index (κ1) is 24.3. The van der Waals surface area contributed by atoms with E-state index in [1.165, 1.54) is 8.87 Å². The van der Waals surface area contributed by atoms with Gasteiger partial charge in [0.25, 0.3) is 5.56 Å². The third kappa shape index (κ3) is 4.58. The third-order valence-electron chi connectivity index (χ3n) is 5.76. The second-order valence-electron chi connectivity index (χ2n) is 8.21. The molecular formula is C26H26BrN3O3S. The number of aryl methyl sites for hydroxylation is 1. The molecule has 1 unspecified atom stereocenters. The van der Waals surface area contributed by atoms with E-state index in [4.69, 9.17) is 4.98 Å². The smallest absolute Gasteiger partial charge is 0.266 e. The van der Waals surface area contributed by atoms with Crippen LogP contribution in [0.15, 0.2) is 87.0 Å². The lowest BCUT2D eigenvalue weighted by molar-refractivity contribution is 0.327. The van der Waals surface area contributed by atoms with Crippen LogP contribution >= 0.6 is 15.9 Å². The lowest BCUT2D eigenvalue weighted by Gasteiger charge is -2.29. The molecular weight excluding hydrogens is 514 g/mol. The van der Waals surface area contributed by atoms with E-state index in [9.17, 15) is 13.2 Å². The van der Waals surface area contributed by atoms with Gasteiger partial charge in [-0.25, -0.2) is 13.4 Å². The second-order valence-corrected chi connectivity index (χ2v) is 11.0. The summed E-state index contributed by atoms with van der Waals surface area (Å²) in [7, 11) is -3.83. The number of halogens is 1. The summed E-state index contributed by atoms with van der Waals surface area (Å²) in [5, 5.41) is 0.477. The number of rotatable bonds is 7. The zero-order chi connectivity index (χ0) is 24.5. The number of benzene rings is 3. The summed E-state index contributed by atoms with van der Waals surface area (Å²) in [6, 6.07) is 20.6. The SMILES string of the molecule is CCCN(C(C)c1nc2ccccc2c(=O)n1-c1ccc(Br)cc1)S(=O)(=O)c1ccc(C)cc1. The minimum Gasteiger partial charge on any atom is -0.268 e. The zero-order valence-electron chi connectivity index (χ0n) is 19.3. The van der Waals surface area contributed by atoms with Gasteiger partial charge in [0.05, 0.1) is 27.5 Å². The van der Waals surface area contributed by atoms with E-state index in [0.29, 0.717) is 35.4 Å². The molecule has 0 amide bonds. The fourth-order valence-electron chi connectivity index (χ4n) is 3.99. The summed E-state index contributed by atoms with van der Waals surface area (Å²) in [4.78, 5) is 18.6. The van der Waals surface area contributed by atoms with Gasteiger partial charge in [0.2, 0.25) is 10.0 Å². The Morgan fingerprint density at radius 1 is 1.00 bits per heavy atom. The van der Waals surface area contributed by atoms with Crippen LogP contribution in [0.4, 0.5) is 0 Å². The predicted octanol–water partition coefficient (Wildman–Crippen LogP) is 5.62. The molecule has 4 aromatic rings. The van der Waals surface area contributed by atoms with E-state index in [-0.39, 0.29) is 10.5 Å². The van der Waals surface area contributed by atoms with Gasteiger partial charge in [0, 0.05) is 11.0 Å². The second kappa shape index (κ2) is 9.82. The van der Waals surface area contributed by atoms with Crippen LogP contribution in [-0.2, 0) is 10.0 Å². The van der Waals surface area contributed by atoms with E-state index in [0.717, 1.165) is 10.0 Å². The molecule has 1 atom stereocenters. The van der Waals surface area contributed by atoms with E-state index >= 15 is 0 Å². The first-order valence-electron chi connectivity index (χ1n) is 11.1. The zero-order valence-corrected chi connectivity index (χ0v) is 21.7. The fraction of sp³-hybridized carbons (Fsp3) is 0.231. The Bertz CT molecular complexity index is 1480. The van der Waals surface area contributed by atoms with Crippen LogP contribution in [0.5, 0.6) is 0 Å². The molecule has 0 spiro atoms. The van der Waals surface area contributed by atoms with Gasteiger partial charge in [-0.2, -0.15) is 4.31 Å². The average molecular weight is 540 g/mol. The first-order valence-corrected chi connectivity index (χ1v) is 13.3. The monoisotopic (exact) mass is 539 g/mol. The molecule has 34 heavy (non-hydrogen) atoms. The van der Waals surface area contributed by atoms with Gasteiger partial charge < -0.3 is 0 Å². The van der Waals surface area contributed by atoms with Gasteiger partial charge in [-0.1, -0.05) is 52.7 Å². The minimum atomic E-state index is -3.83. The van der Waals surface area contributed by atoms with Gasteiger partial charge in [0.15, 0.2) is 0 Å².